The molecule has 1 fully saturated rings. The molecule has 2 nitrogen and oxygen atoms in total. The van der Waals surface area contributed by atoms with Crippen LogP contribution >= 0.6 is 0 Å². The molecule has 0 aromatic heterocycles. The summed E-state index contributed by atoms with van der Waals surface area (Å²) in [6.07, 6.45) is 3.77. The first-order chi connectivity index (χ1) is 6.84. The summed E-state index contributed by atoms with van der Waals surface area (Å²) in [5.41, 5.74) is 2.75. The Kier molecular flexibility index (Phi) is 1.77. The number of nitrogens with one attached hydrogen (secondary N) is 1. The van der Waals surface area contributed by atoms with Gasteiger partial charge in [-0.3, -0.25) is 0 Å². The zero-order valence-electron chi connectivity index (χ0n) is 8.16. The predicted octanol–water partition coefficient (Wildman–Crippen LogP) is 1.99. The molecule has 0 spiro atoms. The molecular formula is C12H15NO. The van der Waals surface area contributed by atoms with Crippen molar-refractivity contribution in [1.29, 1.82) is 0 Å². The van der Waals surface area contributed by atoms with Gasteiger partial charge in [-0.2, -0.15) is 0 Å². The summed E-state index contributed by atoms with van der Waals surface area (Å²) < 4.78 is 0. The summed E-state index contributed by atoms with van der Waals surface area (Å²) in [7, 11) is 0. The van der Waals surface area contributed by atoms with Crippen LogP contribution in [0.3, 0.4) is 0 Å². The maximum atomic E-state index is 9.41. The van der Waals surface area contributed by atoms with E-state index in [2.05, 4.69) is 11.4 Å². The number of phenolic OH excluding ortho intramolecular Hbond substituents is 1. The van der Waals surface area contributed by atoms with Gasteiger partial charge >= 0.3 is 0 Å². The van der Waals surface area contributed by atoms with E-state index in [1.165, 1.54) is 24.0 Å². The van der Waals surface area contributed by atoms with Gasteiger partial charge in [0, 0.05) is 6.04 Å². The number of hydrogen-bond acceptors (Lipinski definition) is 2. The molecule has 2 heteroatoms. The minimum absolute atomic E-state index is 0.403. The van der Waals surface area contributed by atoms with Crippen molar-refractivity contribution in [1.82, 2.24) is 5.32 Å². The highest BCUT2D eigenvalue weighted by molar-refractivity contribution is 5.39. The molecule has 1 aliphatic carbocycles. The summed E-state index contributed by atoms with van der Waals surface area (Å²) in [4.78, 5) is 0. The fourth-order valence-corrected chi connectivity index (χ4v) is 2.43. The Morgan fingerprint density at radius 3 is 2.93 bits per heavy atom. The van der Waals surface area contributed by atoms with Gasteiger partial charge in [0.1, 0.15) is 5.75 Å². The van der Waals surface area contributed by atoms with E-state index in [-0.39, 0.29) is 0 Å². The van der Waals surface area contributed by atoms with Crippen molar-refractivity contribution in [2.24, 2.45) is 5.92 Å². The molecule has 0 amide bonds. The molecule has 2 N–H and O–H groups in total. The Balaban J connectivity index is 2.01. The van der Waals surface area contributed by atoms with Gasteiger partial charge in [-0.25, -0.2) is 0 Å². The molecule has 1 aromatic rings. The maximum absolute atomic E-state index is 9.41. The average Bonchev–Trinajstić information content (AvgIpc) is 2.99. The standard InChI is InChI=1S/C12H15NO/c14-10-3-4-11-9(7-10)5-6-13-12(11)8-1-2-8/h3-4,7-8,12-14H,1-2,5-6H2. The van der Waals surface area contributed by atoms with Gasteiger partial charge in [0.15, 0.2) is 0 Å². The Morgan fingerprint density at radius 1 is 1.29 bits per heavy atom. The molecule has 1 atom stereocenters. The maximum Gasteiger partial charge on any atom is 0.115 e. The van der Waals surface area contributed by atoms with Crippen molar-refractivity contribution in [3.63, 3.8) is 0 Å². The van der Waals surface area contributed by atoms with Gasteiger partial charge in [0.2, 0.25) is 0 Å². The third-order valence-corrected chi connectivity index (χ3v) is 3.31. The minimum atomic E-state index is 0.403. The number of benzene rings is 1. The van der Waals surface area contributed by atoms with E-state index in [1.807, 2.05) is 6.07 Å². The number of hydrogen-bond donors (Lipinski definition) is 2. The zero-order valence-corrected chi connectivity index (χ0v) is 8.16. The van der Waals surface area contributed by atoms with Crippen LogP contribution in [0.25, 0.3) is 0 Å². The second-order valence-electron chi connectivity index (χ2n) is 4.40. The van der Waals surface area contributed by atoms with Crippen LogP contribution in [0.1, 0.15) is 30.0 Å². The largest absolute Gasteiger partial charge is 0.508 e. The van der Waals surface area contributed by atoms with Gasteiger partial charge in [-0.15, -0.1) is 0 Å². The average molecular weight is 189 g/mol. The summed E-state index contributed by atoms with van der Waals surface area (Å²) in [6.45, 7) is 1.05. The minimum Gasteiger partial charge on any atom is -0.508 e. The Hall–Kier alpha value is -1.02. The van der Waals surface area contributed by atoms with E-state index in [0.29, 0.717) is 11.8 Å². The molecule has 14 heavy (non-hydrogen) atoms. The van der Waals surface area contributed by atoms with Crippen LogP contribution in [0, 0.1) is 5.92 Å². The number of fused-ring (bicyclic) bond motifs is 1. The van der Waals surface area contributed by atoms with E-state index < -0.39 is 0 Å². The lowest BCUT2D eigenvalue weighted by Gasteiger charge is -2.27. The van der Waals surface area contributed by atoms with Gasteiger partial charge in [0.05, 0.1) is 0 Å². The van der Waals surface area contributed by atoms with E-state index >= 15 is 0 Å². The van der Waals surface area contributed by atoms with Crippen LogP contribution in [-0.4, -0.2) is 11.7 Å². The number of phenols is 1. The highest BCUT2D eigenvalue weighted by Gasteiger charge is 2.34. The van der Waals surface area contributed by atoms with Crippen molar-refractivity contribution < 1.29 is 5.11 Å². The molecular weight excluding hydrogens is 174 g/mol. The van der Waals surface area contributed by atoms with E-state index in [9.17, 15) is 5.11 Å². The van der Waals surface area contributed by atoms with Crippen LogP contribution < -0.4 is 5.32 Å². The van der Waals surface area contributed by atoms with Crippen LogP contribution in [0.15, 0.2) is 18.2 Å². The predicted molar refractivity (Wildman–Crippen MR) is 55.3 cm³/mol. The fraction of sp³-hybridized carbons (Fsp3) is 0.500. The third-order valence-electron chi connectivity index (χ3n) is 3.31. The molecule has 1 heterocycles. The van der Waals surface area contributed by atoms with E-state index in [4.69, 9.17) is 0 Å². The summed E-state index contributed by atoms with van der Waals surface area (Å²) in [5.74, 6) is 1.25. The monoisotopic (exact) mass is 189 g/mol. The lowest BCUT2D eigenvalue weighted by molar-refractivity contribution is 0.448. The van der Waals surface area contributed by atoms with Gasteiger partial charge in [0.25, 0.3) is 0 Å². The normalized spacial score (nSPS) is 25.9. The molecule has 2 aliphatic rings. The smallest absolute Gasteiger partial charge is 0.115 e. The van der Waals surface area contributed by atoms with Crippen LogP contribution in [-0.2, 0) is 6.42 Å². The topological polar surface area (TPSA) is 32.3 Å². The highest BCUT2D eigenvalue weighted by Crippen LogP contribution is 2.43. The van der Waals surface area contributed by atoms with Crippen LogP contribution in [0.4, 0.5) is 0 Å². The Morgan fingerprint density at radius 2 is 2.14 bits per heavy atom. The molecule has 0 radical (unpaired) electrons. The molecule has 0 saturated heterocycles. The first-order valence-corrected chi connectivity index (χ1v) is 5.40. The molecule has 1 saturated carbocycles. The summed E-state index contributed by atoms with van der Waals surface area (Å²) in [6, 6.07) is 6.37. The third kappa shape index (κ3) is 1.30. The molecule has 0 bridgehead atoms. The van der Waals surface area contributed by atoms with Crippen molar-refractivity contribution >= 4 is 0 Å². The lowest BCUT2D eigenvalue weighted by Crippen LogP contribution is -2.30. The molecule has 1 aliphatic heterocycles. The first kappa shape index (κ1) is 8.30. The quantitative estimate of drug-likeness (QED) is 0.708. The van der Waals surface area contributed by atoms with Crippen molar-refractivity contribution in [2.45, 2.75) is 25.3 Å². The highest BCUT2D eigenvalue weighted by atomic mass is 16.3. The van der Waals surface area contributed by atoms with Crippen LogP contribution in [0.2, 0.25) is 0 Å². The van der Waals surface area contributed by atoms with Gasteiger partial charge in [-0.05, 0) is 55.0 Å². The summed E-state index contributed by atoms with van der Waals surface area (Å²) in [5, 5.41) is 13.0. The molecule has 1 aromatic carbocycles. The Labute approximate surface area is 84.0 Å². The Bertz CT molecular complexity index is 357. The molecule has 1 unspecified atom stereocenters. The number of rotatable bonds is 1. The first-order valence-electron chi connectivity index (χ1n) is 5.40. The van der Waals surface area contributed by atoms with Gasteiger partial charge in [-0.1, -0.05) is 6.07 Å². The zero-order chi connectivity index (χ0) is 9.54. The van der Waals surface area contributed by atoms with Crippen molar-refractivity contribution in [2.75, 3.05) is 6.54 Å². The van der Waals surface area contributed by atoms with Crippen molar-refractivity contribution in [3.05, 3.63) is 29.3 Å². The second-order valence-corrected chi connectivity index (χ2v) is 4.40. The fourth-order valence-electron chi connectivity index (χ4n) is 2.43. The lowest BCUT2D eigenvalue weighted by atomic mass is 9.91. The SMILES string of the molecule is Oc1ccc2c(c1)CCNC2C1CC1. The number of aromatic hydroxyl groups is 1. The summed E-state index contributed by atoms with van der Waals surface area (Å²) >= 11 is 0. The van der Waals surface area contributed by atoms with Gasteiger partial charge < -0.3 is 10.4 Å². The van der Waals surface area contributed by atoms with Crippen molar-refractivity contribution in [3.8, 4) is 5.75 Å². The van der Waals surface area contributed by atoms with E-state index in [0.717, 1.165) is 18.9 Å². The molecule has 3 rings (SSSR count). The molecule has 74 valence electrons. The van der Waals surface area contributed by atoms with Crippen LogP contribution in [0.5, 0.6) is 5.75 Å². The van der Waals surface area contributed by atoms with E-state index in [1.54, 1.807) is 6.07 Å². The second kappa shape index (κ2) is 2.99.